The van der Waals surface area contributed by atoms with Crippen LogP contribution in [-0.4, -0.2) is 43.2 Å². The largest absolute Gasteiger partial charge is 0.482 e. The fourth-order valence-electron chi connectivity index (χ4n) is 1.37. The predicted molar refractivity (Wildman–Crippen MR) is 75.3 cm³/mol. The lowest BCUT2D eigenvalue weighted by molar-refractivity contribution is -0.139. The third-order valence-electron chi connectivity index (χ3n) is 2.39. The average Bonchev–Trinajstić information content (AvgIpc) is 2.46. The van der Waals surface area contributed by atoms with E-state index >= 15 is 0 Å². The van der Waals surface area contributed by atoms with Gasteiger partial charge in [0.2, 0.25) is 5.91 Å². The Labute approximate surface area is 121 Å². The highest BCUT2D eigenvalue weighted by atomic mass is 16.5. The van der Waals surface area contributed by atoms with E-state index in [1.54, 1.807) is 24.3 Å². The van der Waals surface area contributed by atoms with Gasteiger partial charge in [0.05, 0.1) is 0 Å². The zero-order chi connectivity index (χ0) is 15.7. The Morgan fingerprint density at radius 3 is 2.43 bits per heavy atom. The number of carbonyl (C=O) groups is 3. The van der Waals surface area contributed by atoms with Crippen LogP contribution < -0.4 is 20.7 Å². The molecule has 0 aliphatic heterocycles. The Hall–Kier alpha value is -2.77. The van der Waals surface area contributed by atoms with Crippen LogP contribution in [0.25, 0.3) is 0 Å². The molecule has 0 aliphatic carbocycles. The molecule has 0 aliphatic rings. The van der Waals surface area contributed by atoms with Crippen molar-refractivity contribution in [3.05, 3.63) is 24.3 Å². The van der Waals surface area contributed by atoms with Gasteiger partial charge in [-0.05, 0) is 24.3 Å². The van der Waals surface area contributed by atoms with E-state index in [0.29, 0.717) is 11.4 Å². The van der Waals surface area contributed by atoms with Crippen LogP contribution in [0.3, 0.4) is 0 Å². The first-order chi connectivity index (χ1) is 10.0. The van der Waals surface area contributed by atoms with Gasteiger partial charge in [-0.15, -0.1) is 0 Å². The molecule has 0 unspecified atom stereocenters. The molecule has 8 heteroatoms. The van der Waals surface area contributed by atoms with Gasteiger partial charge in [0, 0.05) is 25.7 Å². The Morgan fingerprint density at radius 2 is 1.86 bits per heavy atom. The number of carboxylic acids is 1. The quantitative estimate of drug-likeness (QED) is 0.581. The number of hydrogen-bond donors (Lipinski definition) is 4. The fraction of sp³-hybridized carbons (Fsp3) is 0.308. The molecule has 21 heavy (non-hydrogen) atoms. The summed E-state index contributed by atoms with van der Waals surface area (Å²) in [4.78, 5) is 32.8. The first-order valence-electron chi connectivity index (χ1n) is 6.21. The number of hydrogen-bond acceptors (Lipinski definition) is 4. The van der Waals surface area contributed by atoms with Crippen LogP contribution in [-0.2, 0) is 9.59 Å². The van der Waals surface area contributed by atoms with E-state index in [4.69, 9.17) is 9.84 Å². The molecule has 4 N–H and O–H groups in total. The van der Waals surface area contributed by atoms with Crippen LogP contribution in [0, 0.1) is 0 Å². The number of carbonyl (C=O) groups excluding carboxylic acids is 2. The lowest BCUT2D eigenvalue weighted by Crippen LogP contribution is -2.32. The molecule has 0 bridgehead atoms. The third kappa shape index (κ3) is 6.81. The minimum absolute atomic E-state index is 0.157. The Morgan fingerprint density at radius 1 is 1.19 bits per heavy atom. The Balaban J connectivity index is 2.35. The predicted octanol–water partition coefficient (Wildman–Crippen LogP) is 0.408. The van der Waals surface area contributed by atoms with E-state index in [1.807, 2.05) is 0 Å². The second-order valence-electron chi connectivity index (χ2n) is 4.01. The number of nitrogens with one attached hydrogen (secondary N) is 3. The van der Waals surface area contributed by atoms with Crippen molar-refractivity contribution in [3.63, 3.8) is 0 Å². The van der Waals surface area contributed by atoms with Gasteiger partial charge in [-0.3, -0.25) is 4.79 Å². The van der Waals surface area contributed by atoms with Crippen molar-refractivity contribution in [3.8, 4) is 5.75 Å². The van der Waals surface area contributed by atoms with Crippen molar-refractivity contribution in [2.75, 3.05) is 25.5 Å². The molecule has 0 saturated heterocycles. The molecule has 8 nitrogen and oxygen atoms in total. The molecule has 0 radical (unpaired) electrons. The van der Waals surface area contributed by atoms with Gasteiger partial charge in [0.1, 0.15) is 5.75 Å². The van der Waals surface area contributed by atoms with Crippen LogP contribution in [0.5, 0.6) is 5.75 Å². The SMILES string of the molecule is CNC(=O)CCNC(=O)Nc1ccc(OCC(=O)O)cc1. The van der Waals surface area contributed by atoms with E-state index in [1.165, 1.54) is 7.05 Å². The lowest BCUT2D eigenvalue weighted by Gasteiger charge is -2.08. The Kier molecular flexibility index (Phi) is 6.52. The maximum absolute atomic E-state index is 11.5. The summed E-state index contributed by atoms with van der Waals surface area (Å²) in [5, 5.41) is 16.0. The van der Waals surface area contributed by atoms with E-state index in [9.17, 15) is 14.4 Å². The highest BCUT2D eigenvalue weighted by Gasteiger charge is 2.04. The van der Waals surface area contributed by atoms with E-state index in [2.05, 4.69) is 16.0 Å². The fourth-order valence-corrected chi connectivity index (χ4v) is 1.37. The molecular weight excluding hydrogens is 278 g/mol. The highest BCUT2D eigenvalue weighted by molar-refractivity contribution is 5.89. The Bertz CT molecular complexity index is 501. The first kappa shape index (κ1) is 16.3. The second kappa shape index (κ2) is 8.41. The standard InChI is InChI=1S/C13H17N3O5/c1-14-11(17)6-7-15-13(20)16-9-2-4-10(5-3-9)21-8-12(18)19/h2-5H,6-8H2,1H3,(H,14,17)(H,18,19)(H2,15,16,20). The van der Waals surface area contributed by atoms with Gasteiger partial charge in [0.25, 0.3) is 0 Å². The summed E-state index contributed by atoms with van der Waals surface area (Å²) >= 11 is 0. The number of amides is 3. The molecule has 0 fully saturated rings. The number of rotatable bonds is 7. The molecule has 0 aromatic heterocycles. The van der Waals surface area contributed by atoms with E-state index in [0.717, 1.165) is 0 Å². The van der Waals surface area contributed by atoms with Gasteiger partial charge in [-0.1, -0.05) is 0 Å². The molecule has 0 heterocycles. The van der Waals surface area contributed by atoms with Gasteiger partial charge < -0.3 is 25.8 Å². The van der Waals surface area contributed by atoms with Crippen LogP contribution in [0.1, 0.15) is 6.42 Å². The average molecular weight is 295 g/mol. The lowest BCUT2D eigenvalue weighted by atomic mass is 10.3. The maximum atomic E-state index is 11.5. The maximum Gasteiger partial charge on any atom is 0.341 e. The summed E-state index contributed by atoms with van der Waals surface area (Å²) in [5.74, 6) is -0.828. The zero-order valence-electron chi connectivity index (χ0n) is 11.5. The molecule has 0 saturated carbocycles. The van der Waals surface area contributed by atoms with Crippen molar-refractivity contribution in [2.45, 2.75) is 6.42 Å². The van der Waals surface area contributed by atoms with E-state index < -0.39 is 18.6 Å². The molecule has 1 aromatic rings. The number of anilines is 1. The third-order valence-corrected chi connectivity index (χ3v) is 2.39. The molecule has 114 valence electrons. The summed E-state index contributed by atoms with van der Waals surface area (Å²) in [7, 11) is 1.52. The molecule has 3 amide bonds. The van der Waals surface area contributed by atoms with Crippen LogP contribution in [0.4, 0.5) is 10.5 Å². The number of benzene rings is 1. The van der Waals surface area contributed by atoms with Crippen LogP contribution >= 0.6 is 0 Å². The smallest absolute Gasteiger partial charge is 0.341 e. The van der Waals surface area contributed by atoms with Crippen LogP contribution in [0.15, 0.2) is 24.3 Å². The van der Waals surface area contributed by atoms with Gasteiger partial charge in [0.15, 0.2) is 6.61 Å². The number of carboxylic acid groups (broad SMARTS) is 1. The number of ether oxygens (including phenoxy) is 1. The molecule has 0 spiro atoms. The highest BCUT2D eigenvalue weighted by Crippen LogP contribution is 2.15. The minimum atomic E-state index is -1.06. The van der Waals surface area contributed by atoms with Crippen molar-refractivity contribution in [1.82, 2.24) is 10.6 Å². The minimum Gasteiger partial charge on any atom is -0.482 e. The van der Waals surface area contributed by atoms with Crippen molar-refractivity contribution < 1.29 is 24.2 Å². The molecular formula is C13H17N3O5. The van der Waals surface area contributed by atoms with Gasteiger partial charge >= 0.3 is 12.0 Å². The monoisotopic (exact) mass is 295 g/mol. The topological polar surface area (TPSA) is 117 Å². The summed E-state index contributed by atoms with van der Waals surface area (Å²) in [6, 6.07) is 5.81. The summed E-state index contributed by atoms with van der Waals surface area (Å²) in [6.45, 7) is -0.196. The van der Waals surface area contributed by atoms with E-state index in [-0.39, 0.29) is 18.9 Å². The molecule has 0 atom stereocenters. The number of urea groups is 1. The number of aliphatic carboxylic acids is 1. The van der Waals surface area contributed by atoms with Crippen LogP contribution in [0.2, 0.25) is 0 Å². The summed E-state index contributed by atoms with van der Waals surface area (Å²) < 4.78 is 4.96. The van der Waals surface area contributed by atoms with Crippen molar-refractivity contribution in [2.24, 2.45) is 0 Å². The molecule has 1 aromatic carbocycles. The van der Waals surface area contributed by atoms with Crippen molar-refractivity contribution >= 4 is 23.6 Å². The first-order valence-corrected chi connectivity index (χ1v) is 6.21. The second-order valence-corrected chi connectivity index (χ2v) is 4.01. The molecule has 1 rings (SSSR count). The van der Waals surface area contributed by atoms with Gasteiger partial charge in [-0.2, -0.15) is 0 Å². The summed E-state index contributed by atoms with van der Waals surface area (Å²) in [5.41, 5.74) is 0.523. The normalized spacial score (nSPS) is 9.57. The summed E-state index contributed by atoms with van der Waals surface area (Å²) in [6.07, 6.45) is 0.200. The zero-order valence-corrected chi connectivity index (χ0v) is 11.5. The van der Waals surface area contributed by atoms with Gasteiger partial charge in [-0.25, -0.2) is 9.59 Å². The van der Waals surface area contributed by atoms with Crippen molar-refractivity contribution in [1.29, 1.82) is 0 Å².